The number of H-pyrrole nitrogens is 1. The fourth-order valence-corrected chi connectivity index (χ4v) is 4.58. The summed E-state index contributed by atoms with van der Waals surface area (Å²) in [4.78, 5) is 20.4. The Morgan fingerprint density at radius 1 is 1.19 bits per heavy atom. The minimum absolute atomic E-state index is 0. The molecule has 1 heterocycles. The van der Waals surface area contributed by atoms with Gasteiger partial charge in [0.15, 0.2) is 0 Å². The van der Waals surface area contributed by atoms with Crippen LogP contribution in [0.4, 0.5) is 0 Å². The number of hydrogen-bond acceptors (Lipinski definition) is 3. The third-order valence-electron chi connectivity index (χ3n) is 5.88. The summed E-state index contributed by atoms with van der Waals surface area (Å²) in [5, 5.41) is 3.11. The second-order valence-corrected chi connectivity index (χ2v) is 7.44. The third kappa shape index (κ3) is 4.33. The molecule has 2 atom stereocenters. The molecule has 2 aromatic rings. The van der Waals surface area contributed by atoms with Crippen molar-refractivity contribution in [1.82, 2.24) is 15.3 Å². The highest BCUT2D eigenvalue weighted by Gasteiger charge is 2.40. The summed E-state index contributed by atoms with van der Waals surface area (Å²) in [7, 11) is 0. The third-order valence-corrected chi connectivity index (χ3v) is 5.88. The van der Waals surface area contributed by atoms with E-state index in [1.807, 2.05) is 24.3 Å². The van der Waals surface area contributed by atoms with Gasteiger partial charge in [0.25, 0.3) is 0 Å². The second-order valence-electron chi connectivity index (χ2n) is 7.44. The number of nitrogens with two attached hydrogens (primary N) is 1. The molecule has 1 aromatic carbocycles. The Labute approximate surface area is 166 Å². The smallest absolute Gasteiger partial charge is 0.223 e. The molecule has 1 aromatic heterocycles. The number of halogens is 2. The van der Waals surface area contributed by atoms with Crippen molar-refractivity contribution in [3.05, 3.63) is 30.1 Å². The zero-order valence-corrected chi connectivity index (χ0v) is 16.5. The van der Waals surface area contributed by atoms with Crippen molar-refractivity contribution in [1.29, 1.82) is 0 Å². The minimum atomic E-state index is 0. The molecule has 5 nitrogen and oxygen atoms in total. The van der Waals surface area contributed by atoms with E-state index < -0.39 is 0 Å². The predicted octanol–water partition coefficient (Wildman–Crippen LogP) is 3.22. The molecule has 2 fully saturated rings. The Hall–Kier alpha value is -1.30. The number of rotatable bonds is 4. The van der Waals surface area contributed by atoms with Crippen molar-refractivity contribution in [3.63, 3.8) is 0 Å². The van der Waals surface area contributed by atoms with Crippen LogP contribution >= 0.6 is 24.8 Å². The zero-order chi connectivity index (χ0) is 16.5. The topological polar surface area (TPSA) is 83.8 Å². The monoisotopic (exact) mass is 398 g/mol. The number of carbonyl (C=O) groups is 1. The molecule has 0 radical (unpaired) electrons. The quantitative estimate of drug-likeness (QED) is 0.738. The summed E-state index contributed by atoms with van der Waals surface area (Å²) in [6.07, 6.45) is 6.34. The number of nitrogens with zero attached hydrogens (tertiary/aromatic N) is 1. The van der Waals surface area contributed by atoms with Gasteiger partial charge >= 0.3 is 0 Å². The lowest BCUT2D eigenvalue weighted by molar-refractivity contribution is -0.127. The number of hydrogen-bond donors (Lipinski definition) is 3. The lowest BCUT2D eigenvalue weighted by atomic mass is 9.65. The van der Waals surface area contributed by atoms with Crippen molar-refractivity contribution in [2.75, 3.05) is 6.54 Å². The van der Waals surface area contributed by atoms with Crippen molar-refractivity contribution in [3.8, 4) is 0 Å². The average Bonchev–Trinajstić information content (AvgIpc) is 2.97. The van der Waals surface area contributed by atoms with Crippen LogP contribution in [-0.2, 0) is 11.2 Å². The van der Waals surface area contributed by atoms with Crippen molar-refractivity contribution in [2.24, 2.45) is 23.5 Å². The van der Waals surface area contributed by atoms with Crippen LogP contribution in [0, 0.1) is 17.8 Å². The highest BCUT2D eigenvalue weighted by Crippen LogP contribution is 2.41. The Bertz CT molecular complexity index is 688. The van der Waals surface area contributed by atoms with E-state index in [9.17, 15) is 4.79 Å². The Morgan fingerprint density at radius 3 is 2.58 bits per heavy atom. The molecule has 144 valence electrons. The lowest BCUT2D eigenvalue weighted by Crippen LogP contribution is -2.49. The number of aromatic amines is 1. The minimum Gasteiger partial charge on any atom is -0.355 e. The standard InChI is InChI=1S/C19H26N4O.2ClH/c20-18-12-4-3-5-13(18)11-14(10-12)19(24)21-9-8-17-22-15-6-1-2-7-16(15)23-17;;/h1-2,6-7,12-14,18H,3-5,8-11,20H2,(H,21,24)(H,22,23);2*1H. The fraction of sp³-hybridized carbons (Fsp3) is 0.579. The number of benzene rings is 1. The van der Waals surface area contributed by atoms with Crippen LogP contribution in [0.1, 0.15) is 37.9 Å². The van der Waals surface area contributed by atoms with Crippen molar-refractivity contribution in [2.45, 2.75) is 44.6 Å². The van der Waals surface area contributed by atoms with Gasteiger partial charge in [0.2, 0.25) is 5.91 Å². The summed E-state index contributed by atoms with van der Waals surface area (Å²) in [6, 6.07) is 8.32. The number of fused-ring (bicyclic) bond motifs is 3. The summed E-state index contributed by atoms with van der Waals surface area (Å²) in [5.74, 6) is 2.37. The maximum absolute atomic E-state index is 12.5. The van der Waals surface area contributed by atoms with E-state index in [2.05, 4.69) is 15.3 Å². The van der Waals surface area contributed by atoms with Crippen LogP contribution in [0.2, 0.25) is 0 Å². The van der Waals surface area contributed by atoms with Gasteiger partial charge in [0, 0.05) is 24.9 Å². The van der Waals surface area contributed by atoms with E-state index in [-0.39, 0.29) is 36.6 Å². The summed E-state index contributed by atoms with van der Waals surface area (Å²) >= 11 is 0. The molecule has 4 N–H and O–H groups in total. The first-order chi connectivity index (χ1) is 11.7. The molecule has 0 saturated heterocycles. The van der Waals surface area contributed by atoms with Crippen LogP contribution in [0.3, 0.4) is 0 Å². The van der Waals surface area contributed by atoms with Crippen molar-refractivity contribution >= 4 is 41.8 Å². The first-order valence-electron chi connectivity index (χ1n) is 9.17. The molecule has 0 aliphatic heterocycles. The Kier molecular flexibility index (Phi) is 7.33. The van der Waals surface area contributed by atoms with Gasteiger partial charge in [-0.05, 0) is 49.7 Å². The van der Waals surface area contributed by atoms with E-state index in [0.29, 0.717) is 24.4 Å². The first kappa shape index (κ1) is 21.0. The molecule has 4 rings (SSSR count). The highest BCUT2D eigenvalue weighted by atomic mass is 35.5. The maximum Gasteiger partial charge on any atom is 0.223 e. The molecular weight excluding hydrogens is 371 g/mol. The van der Waals surface area contributed by atoms with Crippen LogP contribution in [-0.4, -0.2) is 28.5 Å². The van der Waals surface area contributed by atoms with Gasteiger partial charge in [-0.25, -0.2) is 4.98 Å². The summed E-state index contributed by atoms with van der Waals surface area (Å²) in [6.45, 7) is 0.635. The molecule has 2 bridgehead atoms. The largest absolute Gasteiger partial charge is 0.355 e. The second kappa shape index (κ2) is 9.07. The van der Waals surface area contributed by atoms with Gasteiger partial charge in [-0.1, -0.05) is 18.6 Å². The first-order valence-corrected chi connectivity index (χ1v) is 9.17. The summed E-state index contributed by atoms with van der Waals surface area (Å²) in [5.41, 5.74) is 8.34. The van der Waals surface area contributed by atoms with E-state index in [4.69, 9.17) is 5.73 Å². The van der Waals surface area contributed by atoms with Crippen LogP contribution in [0.15, 0.2) is 24.3 Å². The number of aromatic nitrogens is 2. The van der Waals surface area contributed by atoms with Crippen LogP contribution in [0.25, 0.3) is 11.0 Å². The number of amides is 1. The molecule has 2 unspecified atom stereocenters. The predicted molar refractivity (Wildman–Crippen MR) is 109 cm³/mol. The summed E-state index contributed by atoms with van der Waals surface area (Å²) < 4.78 is 0. The van der Waals surface area contributed by atoms with E-state index in [1.165, 1.54) is 19.3 Å². The van der Waals surface area contributed by atoms with Crippen LogP contribution < -0.4 is 11.1 Å². The van der Waals surface area contributed by atoms with Gasteiger partial charge in [-0.3, -0.25) is 4.79 Å². The van der Waals surface area contributed by atoms with E-state index in [1.54, 1.807) is 0 Å². The van der Waals surface area contributed by atoms with Crippen molar-refractivity contribution < 1.29 is 4.79 Å². The fourth-order valence-electron chi connectivity index (χ4n) is 4.58. The number of para-hydroxylation sites is 2. The van der Waals surface area contributed by atoms with Gasteiger partial charge in [0.05, 0.1) is 11.0 Å². The van der Waals surface area contributed by atoms with E-state index >= 15 is 0 Å². The van der Waals surface area contributed by atoms with E-state index in [0.717, 1.165) is 36.1 Å². The molecule has 2 aliphatic carbocycles. The Morgan fingerprint density at radius 2 is 1.88 bits per heavy atom. The SMILES string of the molecule is Cl.Cl.NC1C2CCCC1CC(C(=O)NCCc1nc3ccccc3[nH]1)C2. The molecule has 2 aliphatic rings. The van der Waals surface area contributed by atoms with Gasteiger partial charge in [-0.2, -0.15) is 0 Å². The highest BCUT2D eigenvalue weighted by molar-refractivity contribution is 5.85. The van der Waals surface area contributed by atoms with Gasteiger partial charge in [0.1, 0.15) is 5.82 Å². The number of nitrogens with one attached hydrogen (secondary N) is 2. The zero-order valence-electron chi connectivity index (χ0n) is 14.8. The molecule has 1 amide bonds. The van der Waals surface area contributed by atoms with Gasteiger partial charge < -0.3 is 16.0 Å². The molecule has 7 heteroatoms. The normalized spacial score (nSPS) is 27.3. The molecule has 2 saturated carbocycles. The van der Waals surface area contributed by atoms with Crippen LogP contribution in [0.5, 0.6) is 0 Å². The molecule has 0 spiro atoms. The number of imidazole rings is 1. The number of carbonyl (C=O) groups excluding carboxylic acids is 1. The van der Waals surface area contributed by atoms with Gasteiger partial charge in [-0.15, -0.1) is 24.8 Å². The maximum atomic E-state index is 12.5. The molecule has 26 heavy (non-hydrogen) atoms. The molecular formula is C19H28Cl2N4O. The Balaban J connectivity index is 0.00000121. The lowest BCUT2D eigenvalue weighted by Gasteiger charge is -2.43. The average molecular weight is 399 g/mol.